The van der Waals surface area contributed by atoms with Gasteiger partial charge in [-0.3, -0.25) is 0 Å². The van der Waals surface area contributed by atoms with E-state index in [2.05, 4.69) is 30.4 Å². The topological polar surface area (TPSA) is 12.0 Å². The van der Waals surface area contributed by atoms with E-state index < -0.39 is 0 Å². The number of hydrogen-bond donors (Lipinski definition) is 1. The van der Waals surface area contributed by atoms with Crippen LogP contribution in [-0.4, -0.2) is 13.1 Å². The van der Waals surface area contributed by atoms with Gasteiger partial charge in [0.2, 0.25) is 0 Å². The van der Waals surface area contributed by atoms with Gasteiger partial charge in [-0.05, 0) is 61.3 Å². The summed E-state index contributed by atoms with van der Waals surface area (Å²) in [5.74, 6) is 1.59. The van der Waals surface area contributed by atoms with Crippen molar-refractivity contribution in [3.8, 4) is 0 Å². The quantitative estimate of drug-likeness (QED) is 0.832. The van der Waals surface area contributed by atoms with Gasteiger partial charge >= 0.3 is 0 Å². The molecule has 3 unspecified atom stereocenters. The van der Waals surface area contributed by atoms with E-state index in [-0.39, 0.29) is 0 Å². The van der Waals surface area contributed by atoms with Crippen molar-refractivity contribution in [2.45, 2.75) is 44.9 Å². The maximum absolute atomic E-state index is 6.19. The zero-order valence-electron chi connectivity index (χ0n) is 11.8. The number of hydrogen-bond acceptors (Lipinski definition) is 1. The van der Waals surface area contributed by atoms with Gasteiger partial charge in [-0.25, -0.2) is 0 Å². The second-order valence-corrected chi connectivity index (χ2v) is 6.88. The molecule has 1 aromatic carbocycles. The fraction of sp³-hybridized carbons (Fsp3) is 0.647. The molecule has 2 aliphatic rings. The third-order valence-electron chi connectivity index (χ3n) is 5.46. The molecule has 1 spiro atoms. The smallest absolute Gasteiger partial charge is 0.0408 e. The second-order valence-electron chi connectivity index (χ2n) is 6.44. The lowest BCUT2D eigenvalue weighted by atomic mass is 9.66. The minimum absolute atomic E-state index is 0.538. The van der Waals surface area contributed by atoms with Gasteiger partial charge in [-0.2, -0.15) is 0 Å². The zero-order valence-corrected chi connectivity index (χ0v) is 12.5. The highest BCUT2D eigenvalue weighted by Gasteiger charge is 2.46. The fourth-order valence-corrected chi connectivity index (χ4v) is 4.53. The normalized spacial score (nSPS) is 34.8. The molecule has 19 heavy (non-hydrogen) atoms. The predicted molar refractivity (Wildman–Crippen MR) is 81.7 cm³/mol. The Morgan fingerprint density at radius 2 is 2.26 bits per heavy atom. The van der Waals surface area contributed by atoms with Gasteiger partial charge in [0.1, 0.15) is 0 Å². The highest BCUT2D eigenvalue weighted by Crippen LogP contribution is 2.55. The Morgan fingerprint density at radius 1 is 1.37 bits per heavy atom. The van der Waals surface area contributed by atoms with Crippen molar-refractivity contribution in [3.05, 3.63) is 34.9 Å². The van der Waals surface area contributed by atoms with Crippen LogP contribution in [0.25, 0.3) is 0 Å². The first-order valence-electron chi connectivity index (χ1n) is 7.70. The molecule has 1 N–H and O–H groups in total. The van der Waals surface area contributed by atoms with Gasteiger partial charge in [-0.15, -0.1) is 0 Å². The largest absolute Gasteiger partial charge is 0.316 e. The SMILES string of the molecule is CCC1CCC2(CCNCC2c2cccc(Cl)c2)C1. The Kier molecular flexibility index (Phi) is 3.86. The van der Waals surface area contributed by atoms with Crippen LogP contribution in [0.15, 0.2) is 24.3 Å². The average Bonchev–Trinajstić information content (AvgIpc) is 2.83. The number of benzene rings is 1. The van der Waals surface area contributed by atoms with E-state index in [9.17, 15) is 0 Å². The van der Waals surface area contributed by atoms with E-state index in [0.29, 0.717) is 11.3 Å². The van der Waals surface area contributed by atoms with E-state index in [1.807, 2.05) is 6.07 Å². The van der Waals surface area contributed by atoms with E-state index >= 15 is 0 Å². The lowest BCUT2D eigenvalue weighted by molar-refractivity contribution is 0.162. The Morgan fingerprint density at radius 3 is 3.00 bits per heavy atom. The molecule has 1 aliphatic heterocycles. The Labute approximate surface area is 121 Å². The van der Waals surface area contributed by atoms with E-state index in [1.54, 1.807) is 0 Å². The third kappa shape index (κ3) is 2.55. The molecule has 1 aromatic rings. The van der Waals surface area contributed by atoms with Gasteiger partial charge < -0.3 is 5.32 Å². The number of halogens is 1. The molecule has 1 nitrogen and oxygen atoms in total. The van der Waals surface area contributed by atoms with Crippen LogP contribution in [0.1, 0.15) is 50.5 Å². The van der Waals surface area contributed by atoms with Crippen molar-refractivity contribution in [1.82, 2.24) is 5.32 Å². The first-order chi connectivity index (χ1) is 9.23. The first kappa shape index (κ1) is 13.5. The summed E-state index contributed by atoms with van der Waals surface area (Å²) < 4.78 is 0. The Bertz CT molecular complexity index is 445. The van der Waals surface area contributed by atoms with Crippen LogP contribution in [0.3, 0.4) is 0 Å². The number of rotatable bonds is 2. The Balaban J connectivity index is 1.89. The summed E-state index contributed by atoms with van der Waals surface area (Å²) >= 11 is 6.19. The van der Waals surface area contributed by atoms with Crippen LogP contribution < -0.4 is 5.32 Å². The van der Waals surface area contributed by atoms with Crippen LogP contribution in [-0.2, 0) is 0 Å². The van der Waals surface area contributed by atoms with Crippen LogP contribution in [0.4, 0.5) is 0 Å². The Hall–Kier alpha value is -0.530. The lowest BCUT2D eigenvalue weighted by Crippen LogP contribution is -2.42. The maximum atomic E-state index is 6.19. The number of piperidine rings is 1. The molecular formula is C17H24ClN. The molecule has 0 amide bonds. The molecule has 0 aromatic heterocycles. The zero-order chi connectivity index (χ0) is 13.3. The minimum Gasteiger partial charge on any atom is -0.316 e. The van der Waals surface area contributed by atoms with Gasteiger partial charge in [0, 0.05) is 17.5 Å². The van der Waals surface area contributed by atoms with Gasteiger partial charge in [0.25, 0.3) is 0 Å². The summed E-state index contributed by atoms with van der Waals surface area (Å²) in [6, 6.07) is 8.54. The highest BCUT2D eigenvalue weighted by molar-refractivity contribution is 6.30. The average molecular weight is 278 g/mol. The molecule has 104 valence electrons. The monoisotopic (exact) mass is 277 g/mol. The molecule has 1 aliphatic carbocycles. The summed E-state index contributed by atoms with van der Waals surface area (Å²) in [6.45, 7) is 4.66. The summed E-state index contributed by atoms with van der Waals surface area (Å²) in [4.78, 5) is 0. The van der Waals surface area contributed by atoms with E-state index in [1.165, 1.54) is 44.2 Å². The highest BCUT2D eigenvalue weighted by atomic mass is 35.5. The van der Waals surface area contributed by atoms with E-state index in [4.69, 9.17) is 11.6 Å². The van der Waals surface area contributed by atoms with Crippen molar-refractivity contribution in [2.24, 2.45) is 11.3 Å². The number of nitrogens with one attached hydrogen (secondary N) is 1. The van der Waals surface area contributed by atoms with Crippen molar-refractivity contribution < 1.29 is 0 Å². The fourth-order valence-electron chi connectivity index (χ4n) is 4.33. The molecule has 2 heteroatoms. The first-order valence-corrected chi connectivity index (χ1v) is 8.07. The summed E-state index contributed by atoms with van der Waals surface area (Å²) in [6.07, 6.45) is 6.93. The summed E-state index contributed by atoms with van der Waals surface area (Å²) in [7, 11) is 0. The summed E-state index contributed by atoms with van der Waals surface area (Å²) in [5, 5.41) is 4.47. The van der Waals surface area contributed by atoms with Gasteiger partial charge in [0.15, 0.2) is 0 Å². The molecule has 1 heterocycles. The van der Waals surface area contributed by atoms with Crippen LogP contribution in [0, 0.1) is 11.3 Å². The molecule has 3 rings (SSSR count). The van der Waals surface area contributed by atoms with Crippen molar-refractivity contribution in [3.63, 3.8) is 0 Å². The molecular weight excluding hydrogens is 254 g/mol. The minimum atomic E-state index is 0.538. The predicted octanol–water partition coefficient (Wildman–Crippen LogP) is 4.61. The molecule has 3 atom stereocenters. The van der Waals surface area contributed by atoms with Crippen LogP contribution >= 0.6 is 11.6 Å². The van der Waals surface area contributed by atoms with Crippen molar-refractivity contribution >= 4 is 11.6 Å². The van der Waals surface area contributed by atoms with E-state index in [0.717, 1.165) is 17.5 Å². The molecule has 0 radical (unpaired) electrons. The molecule has 1 saturated heterocycles. The standard InChI is InChI=1S/C17H24ClN/c1-2-13-6-7-17(11-13)8-9-19-12-16(17)14-4-3-5-15(18)10-14/h3-5,10,13,16,19H,2,6-9,11-12H2,1H3. The molecule has 1 saturated carbocycles. The van der Waals surface area contributed by atoms with Crippen LogP contribution in [0.2, 0.25) is 5.02 Å². The van der Waals surface area contributed by atoms with Crippen molar-refractivity contribution in [1.29, 1.82) is 0 Å². The lowest BCUT2D eigenvalue weighted by Gasteiger charge is -2.43. The summed E-state index contributed by atoms with van der Waals surface area (Å²) in [5.41, 5.74) is 1.98. The second kappa shape index (κ2) is 5.46. The van der Waals surface area contributed by atoms with Crippen LogP contribution in [0.5, 0.6) is 0 Å². The van der Waals surface area contributed by atoms with Crippen molar-refractivity contribution in [2.75, 3.05) is 13.1 Å². The van der Waals surface area contributed by atoms with Gasteiger partial charge in [0.05, 0.1) is 0 Å². The van der Waals surface area contributed by atoms with Gasteiger partial charge in [-0.1, -0.05) is 37.1 Å². The molecule has 0 bridgehead atoms. The molecule has 2 fully saturated rings. The third-order valence-corrected chi connectivity index (χ3v) is 5.70. The maximum Gasteiger partial charge on any atom is 0.0408 e.